The predicted octanol–water partition coefficient (Wildman–Crippen LogP) is 3.74. The van der Waals surface area contributed by atoms with Gasteiger partial charge in [0, 0.05) is 50.4 Å². The Morgan fingerprint density at radius 2 is 1.94 bits per heavy atom. The molecular weight excluding hydrogens is 623 g/mol. The van der Waals surface area contributed by atoms with Crippen LogP contribution in [0.3, 0.4) is 0 Å². The van der Waals surface area contributed by atoms with E-state index in [0.717, 1.165) is 59.7 Å². The van der Waals surface area contributed by atoms with Crippen LogP contribution in [0.5, 0.6) is 11.5 Å². The van der Waals surface area contributed by atoms with Crippen molar-refractivity contribution >= 4 is 27.5 Å². The third-order valence-corrected chi connectivity index (χ3v) is 10.1. The Morgan fingerprint density at radius 3 is 2.74 bits per heavy atom. The quantitative estimate of drug-likeness (QED) is 0.179. The van der Waals surface area contributed by atoms with Gasteiger partial charge in [-0.05, 0) is 61.2 Å². The number of methoxy groups -OCH3 is 1. The SMILES string of the molecule is COc1ccccc1CC(=O)N1CCOC2(CCN(Cc3cc(F)cc(CCNCC(O)c4ccc(O)c5[nH]c(=O)sc45)c3)CC2)C1. The number of hydrogen-bond donors (Lipinski definition) is 4. The smallest absolute Gasteiger partial charge is 0.305 e. The van der Waals surface area contributed by atoms with Gasteiger partial charge >= 0.3 is 4.87 Å². The van der Waals surface area contributed by atoms with E-state index in [0.29, 0.717) is 61.4 Å². The van der Waals surface area contributed by atoms with E-state index >= 15 is 0 Å². The molecule has 1 amide bonds. The molecule has 0 saturated carbocycles. The van der Waals surface area contributed by atoms with Crippen molar-refractivity contribution in [2.75, 3.05) is 53.0 Å². The summed E-state index contributed by atoms with van der Waals surface area (Å²) in [5.41, 5.74) is 3.19. The molecule has 47 heavy (non-hydrogen) atoms. The number of ether oxygens (including phenoxy) is 2. The van der Waals surface area contributed by atoms with Crippen LogP contribution in [0.1, 0.15) is 41.2 Å². The first-order chi connectivity index (χ1) is 22.7. The van der Waals surface area contributed by atoms with Gasteiger partial charge in [0.05, 0.1) is 36.5 Å². The number of phenolic OH excluding ortho intramolecular Hbond substituents is 1. The fraction of sp³-hybridized carbons (Fsp3) is 0.429. The minimum absolute atomic E-state index is 0.0325. The number of aliphatic hydroxyl groups excluding tert-OH is 1. The van der Waals surface area contributed by atoms with E-state index in [-0.39, 0.29) is 34.5 Å². The Bertz CT molecular complexity index is 1770. The van der Waals surface area contributed by atoms with Crippen LogP contribution in [0.25, 0.3) is 10.2 Å². The predicted molar refractivity (Wildman–Crippen MR) is 179 cm³/mol. The Balaban J connectivity index is 0.982. The lowest BCUT2D eigenvalue weighted by Gasteiger charge is -2.47. The number of piperidine rings is 1. The molecule has 1 spiro atoms. The highest BCUT2D eigenvalue weighted by Crippen LogP contribution is 2.33. The summed E-state index contributed by atoms with van der Waals surface area (Å²) in [6.45, 7) is 4.65. The van der Waals surface area contributed by atoms with Crippen molar-refractivity contribution in [3.8, 4) is 11.5 Å². The molecule has 0 bridgehead atoms. The zero-order chi connectivity index (χ0) is 33.0. The van der Waals surface area contributed by atoms with Gasteiger partial charge in [0.15, 0.2) is 0 Å². The number of nitrogens with zero attached hydrogens (tertiary/aromatic N) is 2. The van der Waals surface area contributed by atoms with Crippen LogP contribution >= 0.6 is 11.3 Å². The summed E-state index contributed by atoms with van der Waals surface area (Å²) in [5.74, 6) is 0.486. The van der Waals surface area contributed by atoms with Gasteiger partial charge in [-0.3, -0.25) is 14.5 Å². The van der Waals surface area contributed by atoms with Crippen LogP contribution in [0, 0.1) is 5.82 Å². The lowest BCUT2D eigenvalue weighted by Crippen LogP contribution is -2.58. The minimum atomic E-state index is -0.874. The number of H-pyrrole nitrogens is 1. The number of halogens is 1. The molecule has 1 aromatic heterocycles. The molecule has 2 aliphatic rings. The fourth-order valence-corrected chi connectivity index (χ4v) is 7.62. The number of aromatic amines is 1. The maximum Gasteiger partial charge on any atom is 0.305 e. The molecule has 12 heteroatoms. The molecule has 250 valence electrons. The first-order valence-electron chi connectivity index (χ1n) is 16.0. The summed E-state index contributed by atoms with van der Waals surface area (Å²) in [5, 5.41) is 24.0. The number of likely N-dealkylation sites (tertiary alicyclic amines) is 1. The highest BCUT2D eigenvalue weighted by Gasteiger charge is 2.41. The lowest BCUT2D eigenvalue weighted by atomic mass is 9.89. The second kappa shape index (κ2) is 14.5. The molecule has 0 radical (unpaired) electrons. The third kappa shape index (κ3) is 7.85. The monoisotopic (exact) mass is 664 g/mol. The molecule has 1 unspecified atom stereocenters. The highest BCUT2D eigenvalue weighted by atomic mass is 32.1. The largest absolute Gasteiger partial charge is 0.506 e. The van der Waals surface area contributed by atoms with Gasteiger partial charge in [-0.2, -0.15) is 0 Å². The summed E-state index contributed by atoms with van der Waals surface area (Å²) < 4.78 is 26.9. The molecule has 3 aromatic carbocycles. The zero-order valence-corrected chi connectivity index (χ0v) is 27.3. The molecule has 3 heterocycles. The van der Waals surface area contributed by atoms with Gasteiger partial charge in [-0.25, -0.2) is 4.39 Å². The van der Waals surface area contributed by atoms with Crippen molar-refractivity contribution in [2.24, 2.45) is 0 Å². The summed E-state index contributed by atoms with van der Waals surface area (Å²) in [6.07, 6.45) is 1.60. The molecule has 2 saturated heterocycles. The number of carbonyl (C=O) groups excluding carboxylic acids is 1. The van der Waals surface area contributed by atoms with E-state index in [4.69, 9.17) is 9.47 Å². The minimum Gasteiger partial charge on any atom is -0.506 e. The summed E-state index contributed by atoms with van der Waals surface area (Å²) in [7, 11) is 1.62. The molecule has 1 atom stereocenters. The second-order valence-electron chi connectivity index (χ2n) is 12.4. The van der Waals surface area contributed by atoms with Crippen LogP contribution in [0.2, 0.25) is 0 Å². The van der Waals surface area contributed by atoms with Crippen LogP contribution in [0.15, 0.2) is 59.4 Å². The number of aromatic nitrogens is 1. The lowest BCUT2D eigenvalue weighted by molar-refractivity contribution is -0.159. The summed E-state index contributed by atoms with van der Waals surface area (Å²) in [4.78, 5) is 31.5. The number of carbonyl (C=O) groups is 1. The average Bonchev–Trinajstić information content (AvgIpc) is 3.46. The maximum absolute atomic E-state index is 14.6. The van der Waals surface area contributed by atoms with E-state index in [1.165, 1.54) is 6.07 Å². The van der Waals surface area contributed by atoms with Gasteiger partial charge in [0.2, 0.25) is 5.91 Å². The van der Waals surface area contributed by atoms with Crippen molar-refractivity contribution in [1.29, 1.82) is 0 Å². The zero-order valence-electron chi connectivity index (χ0n) is 26.5. The number of aromatic hydroxyl groups is 1. The number of hydrogen-bond acceptors (Lipinski definition) is 9. The van der Waals surface area contributed by atoms with E-state index in [1.807, 2.05) is 35.2 Å². The van der Waals surface area contributed by atoms with Gasteiger partial charge in [-0.1, -0.05) is 41.7 Å². The first kappa shape index (κ1) is 33.1. The normalized spacial score (nSPS) is 17.3. The molecular formula is C35H41FN4O6S. The number of para-hydroxylation sites is 1. The van der Waals surface area contributed by atoms with Crippen molar-refractivity contribution in [1.82, 2.24) is 20.1 Å². The molecule has 10 nitrogen and oxygen atoms in total. The maximum atomic E-state index is 14.6. The van der Waals surface area contributed by atoms with Crippen molar-refractivity contribution in [3.63, 3.8) is 0 Å². The average molecular weight is 665 g/mol. The van der Waals surface area contributed by atoms with Crippen molar-refractivity contribution < 1.29 is 28.9 Å². The van der Waals surface area contributed by atoms with E-state index in [9.17, 15) is 24.2 Å². The Labute approximate surface area is 276 Å². The number of benzene rings is 3. The number of rotatable bonds is 11. The highest BCUT2D eigenvalue weighted by molar-refractivity contribution is 7.16. The molecule has 0 aliphatic carbocycles. The second-order valence-corrected chi connectivity index (χ2v) is 13.4. The van der Waals surface area contributed by atoms with Gasteiger partial charge in [0.1, 0.15) is 22.8 Å². The van der Waals surface area contributed by atoms with Crippen LogP contribution in [-0.2, 0) is 28.9 Å². The molecule has 4 N–H and O–H groups in total. The summed E-state index contributed by atoms with van der Waals surface area (Å²) in [6, 6.07) is 15.8. The Kier molecular flexibility index (Phi) is 10.2. The fourth-order valence-electron chi connectivity index (χ4n) is 6.70. The van der Waals surface area contributed by atoms with E-state index in [2.05, 4.69) is 15.2 Å². The molecule has 2 fully saturated rings. The van der Waals surface area contributed by atoms with Crippen molar-refractivity contribution in [3.05, 3.63) is 92.3 Å². The van der Waals surface area contributed by atoms with Gasteiger partial charge in [0.25, 0.3) is 0 Å². The van der Waals surface area contributed by atoms with E-state index < -0.39 is 6.10 Å². The van der Waals surface area contributed by atoms with Gasteiger partial charge in [-0.15, -0.1) is 0 Å². The van der Waals surface area contributed by atoms with Crippen LogP contribution in [0.4, 0.5) is 4.39 Å². The number of nitrogens with one attached hydrogen (secondary N) is 2. The molecule has 4 aromatic rings. The number of thiazole rings is 1. The first-order valence-corrected chi connectivity index (χ1v) is 16.8. The molecule has 6 rings (SSSR count). The van der Waals surface area contributed by atoms with Crippen LogP contribution < -0.4 is 14.9 Å². The van der Waals surface area contributed by atoms with Crippen LogP contribution in [-0.4, -0.2) is 89.5 Å². The van der Waals surface area contributed by atoms with Crippen molar-refractivity contribution in [2.45, 2.75) is 43.9 Å². The van der Waals surface area contributed by atoms with E-state index in [1.54, 1.807) is 25.3 Å². The number of fused-ring (bicyclic) bond motifs is 1. The molecule has 2 aliphatic heterocycles. The summed E-state index contributed by atoms with van der Waals surface area (Å²) >= 11 is 0.952. The third-order valence-electron chi connectivity index (χ3n) is 9.20. The Hall–Kier alpha value is -3.81. The standard InChI is InChI=1S/C35H41FN4O6S/c1-45-30-5-3-2-4-25(30)19-31(43)40-14-15-46-35(22-40)9-12-39(13-10-35)21-24-16-23(17-26(36)18-24)8-11-37-20-29(42)27-6-7-28(41)32-33(27)47-34(44)38-32/h2-7,16-18,29,37,41-42H,8-15,19-22H2,1H3,(H,38,44). The topological polar surface area (TPSA) is 127 Å². The number of phenols is 1. The van der Waals surface area contributed by atoms with Gasteiger partial charge < -0.3 is 34.9 Å². The number of aliphatic hydroxyl groups is 1. The number of amides is 1. The number of morpholine rings is 1. The Morgan fingerprint density at radius 1 is 1.15 bits per heavy atom.